The molecule has 0 unspecified atom stereocenters. The molecule has 1 aromatic heterocycles. The minimum atomic E-state index is -0.552. The summed E-state index contributed by atoms with van der Waals surface area (Å²) in [5, 5.41) is 14.1. The van der Waals surface area contributed by atoms with E-state index in [1.165, 1.54) is 29.4 Å². The first-order chi connectivity index (χ1) is 10.0. The second-order valence-electron chi connectivity index (χ2n) is 4.22. The highest BCUT2D eigenvalue weighted by atomic mass is 19.1. The SMILES string of the molecule is CCNc1ncnc(N(C)c2cccc(F)c2)c1[N+](=O)[O-]. The molecule has 1 aromatic carbocycles. The van der Waals surface area contributed by atoms with Crippen LogP contribution in [0.3, 0.4) is 0 Å². The zero-order valence-corrected chi connectivity index (χ0v) is 11.6. The lowest BCUT2D eigenvalue weighted by molar-refractivity contribution is -0.383. The van der Waals surface area contributed by atoms with Crippen molar-refractivity contribution in [3.05, 3.63) is 46.5 Å². The second kappa shape index (κ2) is 6.12. The molecule has 0 aliphatic rings. The van der Waals surface area contributed by atoms with Gasteiger partial charge in [0.15, 0.2) is 0 Å². The largest absolute Gasteiger partial charge is 0.364 e. The smallest absolute Gasteiger partial charge is 0.353 e. The average Bonchev–Trinajstić information content (AvgIpc) is 2.46. The van der Waals surface area contributed by atoms with Gasteiger partial charge in [-0.25, -0.2) is 14.4 Å². The van der Waals surface area contributed by atoms with Crippen molar-refractivity contribution in [3.63, 3.8) is 0 Å². The summed E-state index contributed by atoms with van der Waals surface area (Å²) in [6.07, 6.45) is 1.23. The van der Waals surface area contributed by atoms with Gasteiger partial charge in [0.2, 0.25) is 11.6 Å². The topological polar surface area (TPSA) is 84.2 Å². The Balaban J connectivity index is 2.52. The number of nitro groups is 1. The first kappa shape index (κ1) is 14.6. The van der Waals surface area contributed by atoms with E-state index in [9.17, 15) is 14.5 Å². The standard InChI is InChI=1S/C13H14FN5O2/c1-3-15-12-11(19(20)21)13(17-8-16-12)18(2)10-6-4-5-9(14)7-10/h4-8H,3H2,1-2H3,(H,15,16,17). The van der Waals surface area contributed by atoms with Gasteiger partial charge in [-0.1, -0.05) is 6.07 Å². The number of aromatic nitrogens is 2. The predicted octanol–water partition coefficient (Wildman–Crippen LogP) is 2.72. The molecule has 0 spiro atoms. The summed E-state index contributed by atoms with van der Waals surface area (Å²) in [5.41, 5.74) is 0.213. The van der Waals surface area contributed by atoms with Gasteiger partial charge in [-0.05, 0) is 25.1 Å². The van der Waals surface area contributed by atoms with Crippen LogP contribution < -0.4 is 10.2 Å². The predicted molar refractivity (Wildman–Crippen MR) is 77.3 cm³/mol. The number of hydrogen-bond acceptors (Lipinski definition) is 6. The van der Waals surface area contributed by atoms with Gasteiger partial charge in [0.25, 0.3) is 0 Å². The van der Waals surface area contributed by atoms with Crippen LogP contribution in [0.5, 0.6) is 0 Å². The summed E-state index contributed by atoms with van der Waals surface area (Å²) < 4.78 is 13.3. The minimum Gasteiger partial charge on any atom is -0.364 e. The first-order valence-electron chi connectivity index (χ1n) is 6.27. The molecule has 8 heteroatoms. The van der Waals surface area contributed by atoms with Crippen molar-refractivity contribution in [2.24, 2.45) is 0 Å². The van der Waals surface area contributed by atoms with Crippen molar-refractivity contribution in [3.8, 4) is 0 Å². The van der Waals surface area contributed by atoms with Crippen molar-refractivity contribution in [1.82, 2.24) is 9.97 Å². The van der Waals surface area contributed by atoms with Crippen LogP contribution in [-0.2, 0) is 0 Å². The van der Waals surface area contributed by atoms with Crippen molar-refractivity contribution in [2.75, 3.05) is 23.8 Å². The number of hydrogen-bond donors (Lipinski definition) is 1. The van der Waals surface area contributed by atoms with Gasteiger partial charge in [-0.2, -0.15) is 0 Å². The maximum Gasteiger partial charge on any atom is 0.353 e. The molecule has 0 saturated carbocycles. The molecular formula is C13H14FN5O2. The number of halogens is 1. The average molecular weight is 291 g/mol. The van der Waals surface area contributed by atoms with Crippen molar-refractivity contribution >= 4 is 23.0 Å². The molecule has 1 N–H and O–H groups in total. The Morgan fingerprint density at radius 3 is 2.81 bits per heavy atom. The molecule has 0 aliphatic carbocycles. The Hall–Kier alpha value is -2.77. The lowest BCUT2D eigenvalue weighted by atomic mass is 10.2. The number of anilines is 3. The quantitative estimate of drug-likeness (QED) is 0.673. The van der Waals surface area contributed by atoms with E-state index in [1.807, 2.05) is 6.92 Å². The summed E-state index contributed by atoms with van der Waals surface area (Å²) >= 11 is 0. The van der Waals surface area contributed by atoms with Gasteiger partial charge in [0, 0.05) is 19.3 Å². The molecule has 110 valence electrons. The number of benzene rings is 1. The fourth-order valence-corrected chi connectivity index (χ4v) is 1.89. The number of nitrogens with one attached hydrogen (secondary N) is 1. The highest BCUT2D eigenvalue weighted by molar-refractivity contribution is 5.75. The minimum absolute atomic E-state index is 0.0940. The Morgan fingerprint density at radius 1 is 1.43 bits per heavy atom. The Labute approximate surface area is 120 Å². The third kappa shape index (κ3) is 3.04. The first-order valence-corrected chi connectivity index (χ1v) is 6.27. The van der Waals surface area contributed by atoms with Crippen molar-refractivity contribution < 1.29 is 9.31 Å². The number of nitrogens with zero attached hydrogens (tertiary/aromatic N) is 4. The fourth-order valence-electron chi connectivity index (χ4n) is 1.89. The highest BCUT2D eigenvalue weighted by Crippen LogP contribution is 2.34. The third-order valence-corrected chi connectivity index (χ3v) is 2.84. The highest BCUT2D eigenvalue weighted by Gasteiger charge is 2.25. The van der Waals surface area contributed by atoms with E-state index in [4.69, 9.17) is 0 Å². The summed E-state index contributed by atoms with van der Waals surface area (Å²) in [5.74, 6) is -0.199. The van der Waals surface area contributed by atoms with Crippen LogP contribution in [0.1, 0.15) is 6.92 Å². The van der Waals surface area contributed by atoms with E-state index >= 15 is 0 Å². The van der Waals surface area contributed by atoms with E-state index in [1.54, 1.807) is 13.1 Å². The maximum atomic E-state index is 13.3. The van der Waals surface area contributed by atoms with Crippen LogP contribution in [-0.4, -0.2) is 28.5 Å². The zero-order valence-electron chi connectivity index (χ0n) is 11.6. The molecule has 0 bridgehead atoms. The van der Waals surface area contributed by atoms with Crippen LogP contribution in [0.15, 0.2) is 30.6 Å². The van der Waals surface area contributed by atoms with Crippen LogP contribution >= 0.6 is 0 Å². The van der Waals surface area contributed by atoms with Gasteiger partial charge in [0.1, 0.15) is 12.1 Å². The molecular weight excluding hydrogens is 277 g/mol. The molecule has 0 aliphatic heterocycles. The van der Waals surface area contributed by atoms with E-state index in [0.717, 1.165) is 0 Å². The van der Waals surface area contributed by atoms with Gasteiger partial charge in [-0.3, -0.25) is 10.1 Å². The molecule has 1 heterocycles. The normalized spacial score (nSPS) is 10.2. The van der Waals surface area contributed by atoms with E-state index < -0.39 is 10.7 Å². The molecule has 0 amide bonds. The van der Waals surface area contributed by atoms with Gasteiger partial charge in [0.05, 0.1) is 4.92 Å². The summed E-state index contributed by atoms with van der Waals surface area (Å²) in [4.78, 5) is 20.0. The summed E-state index contributed by atoms with van der Waals surface area (Å²) in [7, 11) is 1.58. The fraction of sp³-hybridized carbons (Fsp3) is 0.231. The molecule has 0 radical (unpaired) electrons. The molecule has 2 aromatic rings. The second-order valence-corrected chi connectivity index (χ2v) is 4.22. The lowest BCUT2D eigenvalue weighted by Gasteiger charge is -2.18. The molecule has 0 atom stereocenters. The Bertz CT molecular complexity index is 665. The van der Waals surface area contributed by atoms with Crippen molar-refractivity contribution in [1.29, 1.82) is 0 Å². The monoisotopic (exact) mass is 291 g/mol. The van der Waals surface area contributed by atoms with Crippen LogP contribution in [0.2, 0.25) is 0 Å². The van der Waals surface area contributed by atoms with Gasteiger partial charge < -0.3 is 10.2 Å². The van der Waals surface area contributed by atoms with Crippen LogP contribution in [0, 0.1) is 15.9 Å². The molecule has 21 heavy (non-hydrogen) atoms. The van der Waals surface area contributed by atoms with E-state index in [-0.39, 0.29) is 17.3 Å². The zero-order chi connectivity index (χ0) is 15.4. The molecule has 2 rings (SSSR count). The Kier molecular flexibility index (Phi) is 4.27. The van der Waals surface area contributed by atoms with E-state index in [0.29, 0.717) is 12.2 Å². The van der Waals surface area contributed by atoms with Crippen molar-refractivity contribution in [2.45, 2.75) is 6.92 Å². The van der Waals surface area contributed by atoms with Gasteiger partial charge >= 0.3 is 5.69 Å². The van der Waals surface area contributed by atoms with E-state index in [2.05, 4.69) is 15.3 Å². The van der Waals surface area contributed by atoms with Crippen LogP contribution in [0.4, 0.5) is 27.4 Å². The summed E-state index contributed by atoms with van der Waals surface area (Å²) in [6.45, 7) is 2.29. The van der Waals surface area contributed by atoms with Crippen LogP contribution in [0.25, 0.3) is 0 Å². The molecule has 0 fully saturated rings. The third-order valence-electron chi connectivity index (χ3n) is 2.84. The van der Waals surface area contributed by atoms with Gasteiger partial charge in [-0.15, -0.1) is 0 Å². The molecule has 7 nitrogen and oxygen atoms in total. The Morgan fingerprint density at radius 2 is 2.19 bits per heavy atom. The summed E-state index contributed by atoms with van der Waals surface area (Å²) in [6, 6.07) is 5.75. The number of rotatable bonds is 5. The lowest BCUT2D eigenvalue weighted by Crippen LogP contribution is -2.15. The maximum absolute atomic E-state index is 13.3. The molecule has 0 saturated heterocycles.